The Morgan fingerprint density at radius 2 is 2.08 bits per heavy atom. The summed E-state index contributed by atoms with van der Waals surface area (Å²) in [4.78, 5) is 28.6. The van der Waals surface area contributed by atoms with Gasteiger partial charge in [-0.1, -0.05) is 35.6 Å². The normalized spacial score (nSPS) is 11.3. The molecule has 0 aliphatic carbocycles. The van der Waals surface area contributed by atoms with Gasteiger partial charge in [-0.2, -0.15) is 0 Å². The highest BCUT2D eigenvalue weighted by Gasteiger charge is 2.11. The largest absolute Gasteiger partial charge is 0.419 e. The Morgan fingerprint density at radius 3 is 2.92 bits per heavy atom. The van der Waals surface area contributed by atoms with Crippen molar-refractivity contribution in [2.24, 2.45) is 0 Å². The highest BCUT2D eigenvalue weighted by molar-refractivity contribution is 7.22. The number of aromatic nitrogens is 2. The van der Waals surface area contributed by atoms with Crippen LogP contribution in [0.5, 0.6) is 0 Å². The lowest BCUT2D eigenvalue weighted by Crippen LogP contribution is -2.17. The molecule has 0 atom stereocenters. The van der Waals surface area contributed by atoms with Crippen LogP contribution in [0.15, 0.2) is 51.7 Å². The molecule has 0 saturated heterocycles. The fourth-order valence-corrected chi connectivity index (χ4v) is 3.90. The minimum absolute atomic E-state index is 0.109. The maximum atomic E-state index is 12.2. The Morgan fingerprint density at radius 1 is 1.23 bits per heavy atom. The summed E-state index contributed by atoms with van der Waals surface area (Å²) in [5.41, 5.74) is 3.32. The van der Waals surface area contributed by atoms with E-state index in [1.165, 1.54) is 11.3 Å². The SMILES string of the molecule is Cc1cccc2sc(NC(=O)CCCn3c(=O)oc4ccccc43)nc12. The van der Waals surface area contributed by atoms with Gasteiger partial charge in [0, 0.05) is 13.0 Å². The topological polar surface area (TPSA) is 77.1 Å². The van der Waals surface area contributed by atoms with Crippen LogP contribution in [0.3, 0.4) is 0 Å². The highest BCUT2D eigenvalue weighted by atomic mass is 32.1. The molecule has 6 nitrogen and oxygen atoms in total. The molecule has 0 saturated carbocycles. The van der Waals surface area contributed by atoms with Crippen molar-refractivity contribution in [3.8, 4) is 0 Å². The number of hydrogen-bond donors (Lipinski definition) is 1. The number of nitrogens with one attached hydrogen (secondary N) is 1. The fraction of sp³-hybridized carbons (Fsp3) is 0.211. The first kappa shape index (κ1) is 16.5. The van der Waals surface area contributed by atoms with Gasteiger partial charge in [-0.3, -0.25) is 9.36 Å². The van der Waals surface area contributed by atoms with Gasteiger partial charge in [0.2, 0.25) is 5.91 Å². The number of para-hydroxylation sites is 3. The molecule has 0 radical (unpaired) electrons. The third kappa shape index (κ3) is 3.13. The van der Waals surface area contributed by atoms with Gasteiger partial charge in [0.25, 0.3) is 0 Å². The Labute approximate surface area is 153 Å². The monoisotopic (exact) mass is 367 g/mol. The molecule has 1 amide bonds. The van der Waals surface area contributed by atoms with Crippen LogP contribution in [-0.4, -0.2) is 15.5 Å². The quantitative estimate of drug-likeness (QED) is 0.580. The van der Waals surface area contributed by atoms with Crippen molar-refractivity contribution in [2.75, 3.05) is 5.32 Å². The molecule has 2 aromatic heterocycles. The molecule has 4 aromatic rings. The number of rotatable bonds is 5. The van der Waals surface area contributed by atoms with Gasteiger partial charge in [-0.15, -0.1) is 0 Å². The van der Waals surface area contributed by atoms with E-state index in [-0.39, 0.29) is 5.91 Å². The van der Waals surface area contributed by atoms with E-state index in [9.17, 15) is 9.59 Å². The van der Waals surface area contributed by atoms with Crippen LogP contribution in [0.25, 0.3) is 21.3 Å². The summed E-state index contributed by atoms with van der Waals surface area (Å²) in [6.07, 6.45) is 0.847. The lowest BCUT2D eigenvalue weighted by molar-refractivity contribution is -0.116. The van der Waals surface area contributed by atoms with Crippen molar-refractivity contribution in [1.29, 1.82) is 0 Å². The second-order valence-corrected chi connectivity index (χ2v) is 7.11. The van der Waals surface area contributed by atoms with Gasteiger partial charge in [0.1, 0.15) is 0 Å². The van der Waals surface area contributed by atoms with Crippen LogP contribution >= 0.6 is 11.3 Å². The zero-order valence-corrected chi connectivity index (χ0v) is 15.0. The third-order valence-electron chi connectivity index (χ3n) is 4.23. The van der Waals surface area contributed by atoms with Crippen molar-refractivity contribution in [3.63, 3.8) is 0 Å². The first-order valence-electron chi connectivity index (χ1n) is 8.36. The first-order chi connectivity index (χ1) is 12.6. The Balaban J connectivity index is 1.40. The standard InChI is InChI=1S/C19H17N3O3S/c1-12-6-4-9-15-17(12)21-18(26-15)20-16(23)10-5-11-22-13-7-2-3-8-14(13)25-19(22)24/h2-4,6-9H,5,10-11H2,1H3,(H,20,21,23). The maximum absolute atomic E-state index is 12.2. The molecule has 26 heavy (non-hydrogen) atoms. The number of thiazole rings is 1. The van der Waals surface area contributed by atoms with Crippen molar-refractivity contribution >= 4 is 43.7 Å². The van der Waals surface area contributed by atoms with Gasteiger partial charge in [-0.25, -0.2) is 9.78 Å². The summed E-state index contributed by atoms with van der Waals surface area (Å²) in [5.74, 6) is -0.504. The summed E-state index contributed by atoms with van der Waals surface area (Å²) in [5, 5.41) is 3.45. The number of oxazole rings is 1. The number of carbonyl (C=O) groups is 1. The number of anilines is 1. The van der Waals surface area contributed by atoms with E-state index in [0.29, 0.717) is 30.1 Å². The lowest BCUT2D eigenvalue weighted by Gasteiger charge is -2.03. The number of carbonyl (C=O) groups excluding carboxylic acids is 1. The van der Waals surface area contributed by atoms with Crippen LogP contribution in [0.4, 0.5) is 5.13 Å². The molecular weight excluding hydrogens is 350 g/mol. The molecule has 2 heterocycles. The van der Waals surface area contributed by atoms with E-state index in [4.69, 9.17) is 4.42 Å². The zero-order chi connectivity index (χ0) is 18.1. The van der Waals surface area contributed by atoms with Crippen molar-refractivity contribution in [3.05, 3.63) is 58.6 Å². The number of nitrogens with zero attached hydrogens (tertiary/aromatic N) is 2. The molecule has 0 aliphatic heterocycles. The molecule has 0 unspecified atom stereocenters. The van der Waals surface area contributed by atoms with Gasteiger partial charge in [0.15, 0.2) is 10.7 Å². The molecule has 1 N–H and O–H groups in total. The average Bonchev–Trinajstić information content (AvgIpc) is 3.16. The van der Waals surface area contributed by atoms with Crippen LogP contribution in [0, 0.1) is 6.92 Å². The number of benzene rings is 2. The summed E-state index contributed by atoms with van der Waals surface area (Å²) in [6, 6.07) is 13.2. The molecule has 4 rings (SSSR count). The molecule has 0 aliphatic rings. The molecule has 0 spiro atoms. The van der Waals surface area contributed by atoms with Crippen LogP contribution in [0.2, 0.25) is 0 Å². The number of amides is 1. The van der Waals surface area contributed by atoms with Gasteiger partial charge < -0.3 is 9.73 Å². The van der Waals surface area contributed by atoms with E-state index >= 15 is 0 Å². The molecule has 0 bridgehead atoms. The maximum Gasteiger partial charge on any atom is 0.419 e. The highest BCUT2D eigenvalue weighted by Crippen LogP contribution is 2.27. The number of aryl methyl sites for hydroxylation is 2. The third-order valence-corrected chi connectivity index (χ3v) is 5.16. The summed E-state index contributed by atoms with van der Waals surface area (Å²) < 4.78 is 7.81. The summed E-state index contributed by atoms with van der Waals surface area (Å²) in [7, 11) is 0. The molecular formula is C19H17N3O3S. The molecule has 0 fully saturated rings. The van der Waals surface area contributed by atoms with E-state index in [1.807, 2.05) is 43.3 Å². The van der Waals surface area contributed by atoms with Crippen molar-refractivity contribution < 1.29 is 9.21 Å². The van der Waals surface area contributed by atoms with Crippen molar-refractivity contribution in [1.82, 2.24) is 9.55 Å². The van der Waals surface area contributed by atoms with Gasteiger partial charge in [-0.05, 0) is 37.1 Å². The van der Waals surface area contributed by atoms with E-state index in [1.54, 1.807) is 10.6 Å². The second kappa shape index (κ2) is 6.76. The number of hydrogen-bond acceptors (Lipinski definition) is 5. The average molecular weight is 367 g/mol. The molecule has 7 heteroatoms. The molecule has 132 valence electrons. The smallest absolute Gasteiger partial charge is 0.408 e. The summed E-state index contributed by atoms with van der Waals surface area (Å²) >= 11 is 1.46. The predicted molar refractivity (Wildman–Crippen MR) is 103 cm³/mol. The van der Waals surface area contributed by atoms with Gasteiger partial charge in [0.05, 0.1) is 15.7 Å². The van der Waals surface area contributed by atoms with E-state index < -0.39 is 5.76 Å². The Hall–Kier alpha value is -2.93. The van der Waals surface area contributed by atoms with Crippen LogP contribution < -0.4 is 11.1 Å². The van der Waals surface area contributed by atoms with Crippen LogP contribution in [-0.2, 0) is 11.3 Å². The van der Waals surface area contributed by atoms with Crippen LogP contribution in [0.1, 0.15) is 18.4 Å². The van der Waals surface area contributed by atoms with E-state index in [0.717, 1.165) is 21.3 Å². The fourth-order valence-electron chi connectivity index (χ4n) is 2.94. The Kier molecular flexibility index (Phi) is 4.30. The molecule has 2 aromatic carbocycles. The summed E-state index contributed by atoms with van der Waals surface area (Å²) in [6.45, 7) is 2.43. The van der Waals surface area contributed by atoms with Gasteiger partial charge >= 0.3 is 5.76 Å². The first-order valence-corrected chi connectivity index (χ1v) is 9.18. The van der Waals surface area contributed by atoms with E-state index in [2.05, 4.69) is 10.3 Å². The predicted octanol–water partition coefficient (Wildman–Crippen LogP) is 3.93. The minimum atomic E-state index is -0.395. The zero-order valence-electron chi connectivity index (χ0n) is 14.2. The lowest BCUT2D eigenvalue weighted by atomic mass is 10.2. The minimum Gasteiger partial charge on any atom is -0.408 e. The second-order valence-electron chi connectivity index (χ2n) is 6.08. The Bertz CT molecular complexity index is 1160. The number of fused-ring (bicyclic) bond motifs is 2. The van der Waals surface area contributed by atoms with Crippen molar-refractivity contribution in [2.45, 2.75) is 26.3 Å².